The summed E-state index contributed by atoms with van der Waals surface area (Å²) in [5.41, 5.74) is 2.16. The molecule has 1 aromatic heterocycles. The molecule has 1 heterocycles. The molecule has 3 rings (SSSR count). The third-order valence-electron chi connectivity index (χ3n) is 4.92. The normalized spacial score (nSPS) is 22.6. The monoisotopic (exact) mass is 332 g/mol. The lowest BCUT2D eigenvalue weighted by Crippen LogP contribution is -2.46. The Labute approximate surface area is 138 Å². The molecule has 124 valence electrons. The Kier molecular flexibility index (Phi) is 4.69. The summed E-state index contributed by atoms with van der Waals surface area (Å²) in [5.74, 6) is 0. The van der Waals surface area contributed by atoms with Gasteiger partial charge in [0, 0.05) is 30.4 Å². The molecule has 0 spiro atoms. The lowest BCUT2D eigenvalue weighted by molar-refractivity contribution is 0.187. The third kappa shape index (κ3) is 3.56. The largest absolute Gasteiger partial charge is 0.298 e. The van der Waals surface area contributed by atoms with Gasteiger partial charge in [-0.15, -0.1) is 0 Å². The van der Waals surface area contributed by atoms with Gasteiger partial charge in [-0.3, -0.25) is 9.88 Å². The van der Waals surface area contributed by atoms with Crippen LogP contribution in [0.1, 0.15) is 31.2 Å². The summed E-state index contributed by atoms with van der Waals surface area (Å²) in [6.07, 6.45) is 7.04. The Morgan fingerprint density at radius 1 is 1.17 bits per heavy atom. The highest BCUT2D eigenvalue weighted by molar-refractivity contribution is 7.91. The molecule has 1 aliphatic rings. The molecule has 0 N–H and O–H groups in total. The highest BCUT2D eigenvalue weighted by atomic mass is 32.2. The molecule has 0 amide bonds. The van der Waals surface area contributed by atoms with Crippen LogP contribution in [0.2, 0.25) is 0 Å². The van der Waals surface area contributed by atoms with Crippen LogP contribution in [-0.2, 0) is 16.4 Å². The molecule has 0 bridgehead atoms. The van der Waals surface area contributed by atoms with Crippen molar-refractivity contribution in [1.29, 1.82) is 0 Å². The zero-order valence-corrected chi connectivity index (χ0v) is 14.6. The topological polar surface area (TPSA) is 50.3 Å². The van der Waals surface area contributed by atoms with Gasteiger partial charge in [0.15, 0.2) is 9.84 Å². The number of sulfone groups is 1. The summed E-state index contributed by atoms with van der Waals surface area (Å²) in [7, 11) is -0.975. The van der Waals surface area contributed by atoms with Crippen LogP contribution in [-0.4, -0.2) is 42.9 Å². The van der Waals surface area contributed by atoms with Crippen molar-refractivity contribution in [2.24, 2.45) is 0 Å². The minimum atomic E-state index is -3.01. The van der Waals surface area contributed by atoms with Gasteiger partial charge in [0.2, 0.25) is 0 Å². The maximum Gasteiger partial charge on any atom is 0.151 e. The molecular weight excluding hydrogens is 308 g/mol. The summed E-state index contributed by atoms with van der Waals surface area (Å²) < 4.78 is 24.3. The number of rotatable bonds is 4. The zero-order valence-electron chi connectivity index (χ0n) is 13.8. The fourth-order valence-electron chi connectivity index (χ4n) is 3.76. The Morgan fingerprint density at radius 3 is 2.70 bits per heavy atom. The molecule has 1 aromatic carbocycles. The smallest absolute Gasteiger partial charge is 0.151 e. The van der Waals surface area contributed by atoms with Crippen LogP contribution in [0.4, 0.5) is 0 Å². The minimum Gasteiger partial charge on any atom is -0.298 e. The fraction of sp³-hybridized carbons (Fsp3) is 0.500. The molecule has 5 heteroatoms. The lowest BCUT2D eigenvalue weighted by atomic mass is 9.93. The maximum atomic E-state index is 12.1. The number of para-hydroxylation sites is 1. The summed E-state index contributed by atoms with van der Waals surface area (Å²) in [6.45, 7) is 0.727. The van der Waals surface area contributed by atoms with Crippen molar-refractivity contribution in [1.82, 2.24) is 9.88 Å². The Balaban J connectivity index is 1.86. The first kappa shape index (κ1) is 16.4. The van der Waals surface area contributed by atoms with E-state index >= 15 is 0 Å². The van der Waals surface area contributed by atoms with Crippen molar-refractivity contribution in [3.8, 4) is 0 Å². The number of nitrogens with zero attached hydrogens (tertiary/aromatic N) is 2. The van der Waals surface area contributed by atoms with Gasteiger partial charge in [-0.25, -0.2) is 8.42 Å². The molecule has 0 saturated heterocycles. The summed E-state index contributed by atoms with van der Waals surface area (Å²) >= 11 is 0. The van der Waals surface area contributed by atoms with Gasteiger partial charge < -0.3 is 0 Å². The van der Waals surface area contributed by atoms with E-state index in [1.54, 1.807) is 0 Å². The highest BCUT2D eigenvalue weighted by Gasteiger charge is 2.35. The molecule has 1 saturated carbocycles. The molecule has 4 nitrogen and oxygen atoms in total. The number of fused-ring (bicyclic) bond motifs is 1. The van der Waals surface area contributed by atoms with Crippen molar-refractivity contribution in [2.75, 3.05) is 13.3 Å². The van der Waals surface area contributed by atoms with Crippen molar-refractivity contribution in [3.05, 3.63) is 42.1 Å². The van der Waals surface area contributed by atoms with E-state index in [0.29, 0.717) is 0 Å². The van der Waals surface area contributed by atoms with Gasteiger partial charge in [-0.1, -0.05) is 37.1 Å². The second kappa shape index (κ2) is 6.57. The zero-order chi connectivity index (χ0) is 16.4. The van der Waals surface area contributed by atoms with E-state index in [-0.39, 0.29) is 11.3 Å². The summed E-state index contributed by atoms with van der Waals surface area (Å²) in [5, 5.41) is 0.880. The van der Waals surface area contributed by atoms with Crippen molar-refractivity contribution >= 4 is 20.7 Å². The van der Waals surface area contributed by atoms with Crippen LogP contribution in [0.15, 0.2) is 36.5 Å². The van der Waals surface area contributed by atoms with Crippen LogP contribution in [0.3, 0.4) is 0 Å². The molecular formula is C18H24N2O2S. The Hall–Kier alpha value is -1.46. The van der Waals surface area contributed by atoms with Crippen molar-refractivity contribution < 1.29 is 8.42 Å². The molecule has 2 atom stereocenters. The number of hydrogen-bond acceptors (Lipinski definition) is 4. The van der Waals surface area contributed by atoms with Crippen LogP contribution >= 0.6 is 0 Å². The lowest BCUT2D eigenvalue weighted by Gasteiger charge is -2.37. The molecule has 23 heavy (non-hydrogen) atoms. The van der Waals surface area contributed by atoms with E-state index in [0.717, 1.165) is 48.7 Å². The van der Waals surface area contributed by atoms with Gasteiger partial charge in [0.05, 0.1) is 10.8 Å². The standard InChI is InChI=1S/C18H24N2O2S/c1-20(16-10-3-4-11-17(16)23(2,21)22)13-15-8-5-7-14-9-6-12-19-18(14)15/h5-9,12,16-17H,3-4,10-11,13H2,1-2H3/t16-,17+/m0/s1. The van der Waals surface area contributed by atoms with Crippen molar-refractivity contribution in [2.45, 2.75) is 43.5 Å². The van der Waals surface area contributed by atoms with E-state index in [9.17, 15) is 8.42 Å². The number of aromatic nitrogens is 1. The predicted molar refractivity (Wildman–Crippen MR) is 94.1 cm³/mol. The SMILES string of the molecule is CN(Cc1cccc2cccnc12)[C@H]1CCCC[C@H]1S(C)(=O)=O. The fourth-order valence-corrected chi connectivity index (χ4v) is 5.27. The predicted octanol–water partition coefficient (Wildman–Crippen LogP) is 3.02. The van der Waals surface area contributed by atoms with Crippen LogP contribution in [0.5, 0.6) is 0 Å². The Bertz CT molecular complexity index is 783. The van der Waals surface area contributed by atoms with Gasteiger partial charge in [-0.2, -0.15) is 0 Å². The van der Waals surface area contributed by atoms with Gasteiger partial charge >= 0.3 is 0 Å². The highest BCUT2D eigenvalue weighted by Crippen LogP contribution is 2.29. The molecule has 1 fully saturated rings. The number of benzene rings is 1. The maximum absolute atomic E-state index is 12.1. The average molecular weight is 332 g/mol. The van der Waals surface area contributed by atoms with Crippen molar-refractivity contribution in [3.63, 3.8) is 0 Å². The van der Waals surface area contributed by atoms with Gasteiger partial charge in [0.25, 0.3) is 0 Å². The molecule has 2 aromatic rings. The first-order valence-corrected chi connectivity index (χ1v) is 10.1. The quantitative estimate of drug-likeness (QED) is 0.863. The van der Waals surface area contributed by atoms with E-state index in [1.807, 2.05) is 25.4 Å². The number of pyridine rings is 1. The van der Waals surface area contributed by atoms with Crippen LogP contribution < -0.4 is 0 Å². The minimum absolute atomic E-state index is 0.0951. The van der Waals surface area contributed by atoms with Crippen LogP contribution in [0.25, 0.3) is 10.9 Å². The van der Waals surface area contributed by atoms with E-state index < -0.39 is 9.84 Å². The van der Waals surface area contributed by atoms with Crippen LogP contribution in [0, 0.1) is 0 Å². The van der Waals surface area contributed by atoms with Gasteiger partial charge in [0.1, 0.15) is 0 Å². The third-order valence-corrected chi connectivity index (χ3v) is 6.57. The van der Waals surface area contributed by atoms with E-state index in [4.69, 9.17) is 0 Å². The molecule has 0 aliphatic heterocycles. The second-order valence-corrected chi connectivity index (χ2v) is 8.89. The molecule has 0 radical (unpaired) electrons. The first-order valence-electron chi connectivity index (χ1n) is 8.18. The molecule has 0 unspecified atom stereocenters. The first-order chi connectivity index (χ1) is 11.0. The average Bonchev–Trinajstić information content (AvgIpc) is 2.54. The summed E-state index contributed by atoms with van der Waals surface area (Å²) in [6, 6.07) is 10.3. The Morgan fingerprint density at radius 2 is 1.91 bits per heavy atom. The molecule has 1 aliphatic carbocycles. The number of hydrogen-bond donors (Lipinski definition) is 0. The van der Waals surface area contributed by atoms with Gasteiger partial charge in [-0.05, 0) is 31.5 Å². The van der Waals surface area contributed by atoms with E-state index in [1.165, 1.54) is 6.26 Å². The second-order valence-electron chi connectivity index (χ2n) is 6.63. The van der Waals surface area contributed by atoms with E-state index in [2.05, 4.69) is 28.1 Å². The summed E-state index contributed by atoms with van der Waals surface area (Å²) in [4.78, 5) is 6.70.